The standard InChI is InChI=1S/C12H12N2O/c1-14-11-5-4-9(3-2-6-13)7-10(11)8-12(14)15/h4-5,7H,2-3,8H2,1H3. The summed E-state index contributed by atoms with van der Waals surface area (Å²) in [4.78, 5) is 13.1. The topological polar surface area (TPSA) is 44.1 Å². The van der Waals surface area contributed by atoms with E-state index in [0.717, 1.165) is 23.2 Å². The third kappa shape index (κ3) is 1.71. The van der Waals surface area contributed by atoms with E-state index in [1.54, 1.807) is 11.9 Å². The minimum Gasteiger partial charge on any atom is -0.315 e. The SMILES string of the molecule is CN1C(=O)Cc2cc(CCC#N)ccc21. The minimum absolute atomic E-state index is 0.141. The molecule has 1 aliphatic rings. The summed E-state index contributed by atoms with van der Waals surface area (Å²) in [7, 11) is 1.79. The summed E-state index contributed by atoms with van der Waals surface area (Å²) in [6.07, 6.45) is 1.79. The Balaban J connectivity index is 2.26. The molecule has 0 bridgehead atoms. The highest BCUT2D eigenvalue weighted by atomic mass is 16.2. The predicted molar refractivity (Wildman–Crippen MR) is 57.5 cm³/mol. The molecule has 0 spiro atoms. The highest BCUT2D eigenvalue weighted by molar-refractivity contribution is 6.00. The van der Waals surface area contributed by atoms with Crippen LogP contribution in [0.25, 0.3) is 0 Å². The van der Waals surface area contributed by atoms with Crippen molar-refractivity contribution in [2.45, 2.75) is 19.3 Å². The van der Waals surface area contributed by atoms with Gasteiger partial charge in [-0.1, -0.05) is 12.1 Å². The number of amides is 1. The monoisotopic (exact) mass is 200 g/mol. The van der Waals surface area contributed by atoms with Crippen molar-refractivity contribution in [3.63, 3.8) is 0 Å². The second-order valence-electron chi connectivity index (χ2n) is 3.75. The molecule has 1 amide bonds. The molecule has 0 atom stereocenters. The van der Waals surface area contributed by atoms with Gasteiger partial charge in [0, 0.05) is 19.2 Å². The first kappa shape index (κ1) is 9.72. The van der Waals surface area contributed by atoms with Crippen LogP contribution in [0.1, 0.15) is 17.5 Å². The van der Waals surface area contributed by atoms with Gasteiger partial charge in [0.05, 0.1) is 12.5 Å². The second kappa shape index (κ2) is 3.74. The molecule has 1 heterocycles. The first-order chi connectivity index (χ1) is 7.22. The van der Waals surface area contributed by atoms with Crippen LogP contribution in [-0.4, -0.2) is 13.0 Å². The molecule has 0 saturated heterocycles. The summed E-state index contributed by atoms with van der Waals surface area (Å²) in [5.74, 6) is 0.141. The number of anilines is 1. The molecular weight excluding hydrogens is 188 g/mol. The number of carbonyl (C=O) groups excluding carboxylic acids is 1. The third-order valence-electron chi connectivity index (χ3n) is 2.75. The second-order valence-corrected chi connectivity index (χ2v) is 3.75. The zero-order chi connectivity index (χ0) is 10.8. The van der Waals surface area contributed by atoms with Gasteiger partial charge in [0.15, 0.2) is 0 Å². The molecule has 3 nitrogen and oxygen atoms in total. The van der Waals surface area contributed by atoms with E-state index in [2.05, 4.69) is 6.07 Å². The zero-order valence-electron chi connectivity index (χ0n) is 8.66. The summed E-state index contributed by atoms with van der Waals surface area (Å²) in [5.41, 5.74) is 3.22. The van der Waals surface area contributed by atoms with Crippen molar-refractivity contribution in [2.75, 3.05) is 11.9 Å². The maximum Gasteiger partial charge on any atom is 0.231 e. The number of hydrogen-bond donors (Lipinski definition) is 0. The van der Waals surface area contributed by atoms with Crippen LogP contribution in [0.5, 0.6) is 0 Å². The summed E-state index contributed by atoms with van der Waals surface area (Å²) in [6.45, 7) is 0. The van der Waals surface area contributed by atoms with Gasteiger partial charge in [-0.2, -0.15) is 5.26 Å². The minimum atomic E-state index is 0.141. The molecule has 0 N–H and O–H groups in total. The fourth-order valence-corrected chi connectivity index (χ4v) is 1.88. The van der Waals surface area contributed by atoms with Gasteiger partial charge in [0.1, 0.15) is 0 Å². The van der Waals surface area contributed by atoms with Crippen LogP contribution in [0, 0.1) is 11.3 Å². The lowest BCUT2D eigenvalue weighted by Gasteiger charge is -2.10. The molecule has 76 valence electrons. The molecule has 0 radical (unpaired) electrons. The average molecular weight is 200 g/mol. The average Bonchev–Trinajstić information content (AvgIpc) is 2.52. The maximum atomic E-state index is 11.4. The molecule has 1 aromatic rings. The van der Waals surface area contributed by atoms with Gasteiger partial charge in [-0.05, 0) is 23.6 Å². The van der Waals surface area contributed by atoms with Crippen LogP contribution < -0.4 is 4.90 Å². The lowest BCUT2D eigenvalue weighted by Crippen LogP contribution is -2.20. The van der Waals surface area contributed by atoms with Crippen LogP contribution >= 0.6 is 0 Å². The fourth-order valence-electron chi connectivity index (χ4n) is 1.88. The summed E-state index contributed by atoms with van der Waals surface area (Å²) < 4.78 is 0. The van der Waals surface area contributed by atoms with Crippen molar-refractivity contribution >= 4 is 11.6 Å². The van der Waals surface area contributed by atoms with E-state index < -0.39 is 0 Å². The van der Waals surface area contributed by atoms with Crippen LogP contribution in [-0.2, 0) is 17.6 Å². The molecule has 15 heavy (non-hydrogen) atoms. The van der Waals surface area contributed by atoms with E-state index in [1.807, 2.05) is 18.2 Å². The molecule has 0 aromatic heterocycles. The first-order valence-electron chi connectivity index (χ1n) is 4.97. The van der Waals surface area contributed by atoms with Gasteiger partial charge >= 0.3 is 0 Å². The Hall–Kier alpha value is -1.82. The number of carbonyl (C=O) groups is 1. The lowest BCUT2D eigenvalue weighted by atomic mass is 10.0. The van der Waals surface area contributed by atoms with E-state index in [-0.39, 0.29) is 5.91 Å². The maximum absolute atomic E-state index is 11.4. The summed E-state index contributed by atoms with van der Waals surface area (Å²) in [6, 6.07) is 8.12. The largest absolute Gasteiger partial charge is 0.315 e. The summed E-state index contributed by atoms with van der Waals surface area (Å²) in [5, 5.41) is 8.49. The molecule has 2 rings (SSSR count). The van der Waals surface area contributed by atoms with Crippen LogP contribution in [0.15, 0.2) is 18.2 Å². The molecule has 0 unspecified atom stereocenters. The molecule has 0 fully saturated rings. The van der Waals surface area contributed by atoms with Crippen molar-refractivity contribution in [3.8, 4) is 6.07 Å². The van der Waals surface area contributed by atoms with E-state index >= 15 is 0 Å². The number of likely N-dealkylation sites (N-methyl/N-ethyl adjacent to an activating group) is 1. The Bertz CT molecular complexity index is 445. The predicted octanol–water partition coefficient (Wildman–Crippen LogP) is 1.66. The van der Waals surface area contributed by atoms with Gasteiger partial charge < -0.3 is 4.90 Å². The van der Waals surface area contributed by atoms with Gasteiger partial charge in [0.2, 0.25) is 5.91 Å². The molecule has 3 heteroatoms. The Morgan fingerprint density at radius 1 is 1.53 bits per heavy atom. The number of benzene rings is 1. The van der Waals surface area contributed by atoms with Gasteiger partial charge in [-0.25, -0.2) is 0 Å². The Morgan fingerprint density at radius 3 is 3.07 bits per heavy atom. The smallest absolute Gasteiger partial charge is 0.231 e. The summed E-state index contributed by atoms with van der Waals surface area (Å²) >= 11 is 0. The first-order valence-corrected chi connectivity index (χ1v) is 4.97. The molecule has 1 aliphatic heterocycles. The van der Waals surface area contributed by atoms with Crippen molar-refractivity contribution in [2.24, 2.45) is 0 Å². The van der Waals surface area contributed by atoms with Crippen LogP contribution in [0.3, 0.4) is 0 Å². The van der Waals surface area contributed by atoms with E-state index in [0.29, 0.717) is 12.8 Å². The van der Waals surface area contributed by atoms with Gasteiger partial charge in [-0.3, -0.25) is 4.79 Å². The quantitative estimate of drug-likeness (QED) is 0.728. The normalized spacial score (nSPS) is 13.9. The number of rotatable bonds is 2. The number of aryl methyl sites for hydroxylation is 1. The highest BCUT2D eigenvalue weighted by Gasteiger charge is 2.23. The molecule has 1 aromatic carbocycles. The third-order valence-corrected chi connectivity index (χ3v) is 2.75. The Kier molecular flexibility index (Phi) is 2.42. The Labute approximate surface area is 88.9 Å². The molecular formula is C12H12N2O. The van der Waals surface area contributed by atoms with E-state index in [4.69, 9.17) is 5.26 Å². The molecule has 0 aliphatic carbocycles. The Morgan fingerprint density at radius 2 is 2.33 bits per heavy atom. The van der Waals surface area contributed by atoms with Crippen molar-refractivity contribution in [1.29, 1.82) is 5.26 Å². The number of fused-ring (bicyclic) bond motifs is 1. The number of nitrogens with zero attached hydrogens (tertiary/aromatic N) is 2. The zero-order valence-corrected chi connectivity index (χ0v) is 8.66. The number of nitriles is 1. The van der Waals surface area contributed by atoms with Crippen LogP contribution in [0.4, 0.5) is 5.69 Å². The van der Waals surface area contributed by atoms with Crippen LogP contribution in [0.2, 0.25) is 0 Å². The molecule has 0 saturated carbocycles. The van der Waals surface area contributed by atoms with Gasteiger partial charge in [0.25, 0.3) is 0 Å². The number of hydrogen-bond acceptors (Lipinski definition) is 2. The van der Waals surface area contributed by atoms with Crippen molar-refractivity contribution < 1.29 is 4.79 Å². The van der Waals surface area contributed by atoms with E-state index in [9.17, 15) is 4.79 Å². The lowest BCUT2D eigenvalue weighted by molar-refractivity contribution is -0.117. The highest BCUT2D eigenvalue weighted by Crippen LogP contribution is 2.28. The van der Waals surface area contributed by atoms with Crippen molar-refractivity contribution in [3.05, 3.63) is 29.3 Å². The fraction of sp³-hybridized carbons (Fsp3) is 0.333. The van der Waals surface area contributed by atoms with Crippen molar-refractivity contribution in [1.82, 2.24) is 0 Å². The van der Waals surface area contributed by atoms with E-state index in [1.165, 1.54) is 0 Å². The van der Waals surface area contributed by atoms with Gasteiger partial charge in [-0.15, -0.1) is 0 Å².